The van der Waals surface area contributed by atoms with Gasteiger partial charge in [-0.15, -0.1) is 0 Å². The van der Waals surface area contributed by atoms with Gasteiger partial charge in [0.05, 0.1) is 23.6 Å². The maximum absolute atomic E-state index is 13.0. The molecular weight excluding hydrogens is 400 g/mol. The van der Waals surface area contributed by atoms with Crippen LogP contribution in [0.3, 0.4) is 0 Å². The van der Waals surface area contributed by atoms with Gasteiger partial charge in [-0.3, -0.25) is 4.79 Å². The summed E-state index contributed by atoms with van der Waals surface area (Å²) in [5, 5.41) is 14.1. The maximum atomic E-state index is 13.0. The number of carbonyl (C=O) groups excluding carboxylic acids is 1. The van der Waals surface area contributed by atoms with Gasteiger partial charge in [-0.1, -0.05) is 23.7 Å². The summed E-state index contributed by atoms with van der Waals surface area (Å²) in [7, 11) is 1.72. The number of hydrogen-bond acceptors (Lipinski definition) is 4. The lowest BCUT2D eigenvalue weighted by molar-refractivity contribution is 0.0779. The lowest BCUT2D eigenvalue weighted by Gasteiger charge is -2.16. The van der Waals surface area contributed by atoms with Crippen molar-refractivity contribution in [3.63, 3.8) is 0 Å². The number of benzene rings is 2. The molecule has 0 aliphatic rings. The molecule has 1 amide bonds. The minimum atomic E-state index is -0.222. The van der Waals surface area contributed by atoms with Gasteiger partial charge >= 0.3 is 0 Å². The van der Waals surface area contributed by atoms with Crippen molar-refractivity contribution in [2.45, 2.75) is 6.54 Å². The monoisotopic (exact) mass is 416 g/mol. The van der Waals surface area contributed by atoms with E-state index in [1.54, 1.807) is 59.3 Å². The molecule has 0 spiro atoms. The predicted octanol–water partition coefficient (Wildman–Crippen LogP) is 4.93. The van der Waals surface area contributed by atoms with Gasteiger partial charge in [-0.05, 0) is 54.1 Å². The zero-order valence-electron chi connectivity index (χ0n) is 16.1. The average molecular weight is 417 g/mol. The summed E-state index contributed by atoms with van der Waals surface area (Å²) in [4.78, 5) is 14.6. The molecule has 6 nitrogen and oxygen atoms in total. The third-order valence-corrected chi connectivity index (χ3v) is 4.87. The van der Waals surface area contributed by atoms with E-state index in [2.05, 4.69) is 11.2 Å². The number of rotatable bonds is 5. The highest BCUT2D eigenvalue weighted by Gasteiger charge is 2.21. The Morgan fingerprint density at radius 2 is 1.90 bits per heavy atom. The zero-order valence-corrected chi connectivity index (χ0v) is 16.9. The molecular formula is C23H17ClN4O2. The van der Waals surface area contributed by atoms with Crippen LogP contribution in [0.25, 0.3) is 17.1 Å². The SMILES string of the molecule is CN(Cc1ccc(C#N)cc1)C(=O)c1cc(-c2ccco2)n(-c2ccc(Cl)cc2)n1. The van der Waals surface area contributed by atoms with E-state index in [1.807, 2.05) is 30.3 Å². The lowest BCUT2D eigenvalue weighted by Crippen LogP contribution is -2.26. The Bertz CT molecular complexity index is 1200. The van der Waals surface area contributed by atoms with E-state index < -0.39 is 0 Å². The Hall–Kier alpha value is -3.82. The van der Waals surface area contributed by atoms with Gasteiger partial charge in [0.25, 0.3) is 5.91 Å². The van der Waals surface area contributed by atoms with E-state index in [0.717, 1.165) is 11.3 Å². The first-order valence-electron chi connectivity index (χ1n) is 9.19. The maximum Gasteiger partial charge on any atom is 0.274 e. The van der Waals surface area contributed by atoms with Crippen molar-refractivity contribution in [2.75, 3.05) is 7.05 Å². The van der Waals surface area contributed by atoms with Gasteiger partial charge in [0.1, 0.15) is 5.69 Å². The Morgan fingerprint density at radius 1 is 1.17 bits per heavy atom. The van der Waals surface area contributed by atoms with Crippen molar-refractivity contribution in [1.29, 1.82) is 5.26 Å². The van der Waals surface area contributed by atoms with Crippen LogP contribution < -0.4 is 0 Å². The first-order valence-corrected chi connectivity index (χ1v) is 9.57. The molecule has 0 aliphatic heterocycles. The van der Waals surface area contributed by atoms with Crippen molar-refractivity contribution >= 4 is 17.5 Å². The Labute approximate surface area is 178 Å². The number of aromatic nitrogens is 2. The molecule has 7 heteroatoms. The van der Waals surface area contributed by atoms with E-state index >= 15 is 0 Å². The molecule has 0 aliphatic carbocycles. The standard InChI is InChI=1S/C23H17ClN4O2/c1-27(15-17-6-4-16(14-25)5-7-17)23(29)20-13-21(22-3-2-12-30-22)28(26-20)19-10-8-18(24)9-11-19/h2-13H,15H2,1H3. The van der Waals surface area contributed by atoms with E-state index in [0.29, 0.717) is 34.3 Å². The van der Waals surface area contributed by atoms with Crippen LogP contribution in [-0.2, 0) is 6.54 Å². The van der Waals surface area contributed by atoms with Crippen LogP contribution in [0, 0.1) is 11.3 Å². The molecule has 0 saturated carbocycles. The number of carbonyl (C=O) groups is 1. The van der Waals surface area contributed by atoms with E-state index in [-0.39, 0.29) is 5.91 Å². The largest absolute Gasteiger partial charge is 0.463 e. The Morgan fingerprint density at radius 3 is 2.53 bits per heavy atom. The summed E-state index contributed by atoms with van der Waals surface area (Å²) in [6.45, 7) is 0.397. The zero-order chi connectivity index (χ0) is 21.1. The van der Waals surface area contributed by atoms with Crippen molar-refractivity contribution in [3.8, 4) is 23.2 Å². The predicted molar refractivity (Wildman–Crippen MR) is 113 cm³/mol. The first kappa shape index (κ1) is 19.5. The normalized spacial score (nSPS) is 10.6. The lowest BCUT2D eigenvalue weighted by atomic mass is 10.1. The number of amides is 1. The fourth-order valence-electron chi connectivity index (χ4n) is 3.09. The smallest absolute Gasteiger partial charge is 0.274 e. The third-order valence-electron chi connectivity index (χ3n) is 4.62. The molecule has 0 atom stereocenters. The summed E-state index contributed by atoms with van der Waals surface area (Å²) in [6, 6.07) is 21.7. The molecule has 2 heterocycles. The Balaban J connectivity index is 1.64. The molecule has 0 fully saturated rings. The Kier molecular flexibility index (Phi) is 5.38. The van der Waals surface area contributed by atoms with E-state index in [1.165, 1.54) is 0 Å². The highest BCUT2D eigenvalue weighted by atomic mass is 35.5. The minimum absolute atomic E-state index is 0.222. The van der Waals surface area contributed by atoms with Gasteiger partial charge in [0.15, 0.2) is 11.5 Å². The van der Waals surface area contributed by atoms with Crippen LogP contribution in [0.5, 0.6) is 0 Å². The second-order valence-electron chi connectivity index (χ2n) is 6.75. The number of furan rings is 1. The fourth-order valence-corrected chi connectivity index (χ4v) is 3.22. The summed E-state index contributed by atoms with van der Waals surface area (Å²) in [5.41, 5.74) is 3.23. The van der Waals surface area contributed by atoms with Crippen LogP contribution >= 0.6 is 11.6 Å². The highest BCUT2D eigenvalue weighted by Crippen LogP contribution is 2.26. The molecule has 0 radical (unpaired) electrons. The van der Waals surface area contributed by atoms with Crippen LogP contribution in [0.4, 0.5) is 0 Å². The van der Waals surface area contributed by atoms with Gasteiger partial charge in [-0.2, -0.15) is 10.4 Å². The van der Waals surface area contributed by atoms with Crippen molar-refractivity contribution in [2.24, 2.45) is 0 Å². The molecule has 2 aromatic heterocycles. The average Bonchev–Trinajstić information content (AvgIpc) is 3.44. The van der Waals surface area contributed by atoms with Crippen molar-refractivity contribution < 1.29 is 9.21 Å². The van der Waals surface area contributed by atoms with Gasteiger partial charge in [-0.25, -0.2) is 4.68 Å². The van der Waals surface area contributed by atoms with E-state index in [4.69, 9.17) is 21.3 Å². The van der Waals surface area contributed by atoms with Gasteiger partial charge < -0.3 is 9.32 Å². The van der Waals surface area contributed by atoms with E-state index in [9.17, 15) is 4.79 Å². The second-order valence-corrected chi connectivity index (χ2v) is 7.19. The summed E-state index contributed by atoms with van der Waals surface area (Å²) < 4.78 is 7.20. The van der Waals surface area contributed by atoms with Crippen LogP contribution in [0.15, 0.2) is 77.4 Å². The topological polar surface area (TPSA) is 75.1 Å². The molecule has 0 unspecified atom stereocenters. The molecule has 148 valence electrons. The quantitative estimate of drug-likeness (QED) is 0.462. The molecule has 0 bridgehead atoms. The highest BCUT2D eigenvalue weighted by molar-refractivity contribution is 6.30. The minimum Gasteiger partial charge on any atom is -0.463 e. The molecule has 0 saturated heterocycles. The molecule has 30 heavy (non-hydrogen) atoms. The molecule has 0 N–H and O–H groups in total. The number of hydrogen-bond donors (Lipinski definition) is 0. The van der Waals surface area contributed by atoms with Gasteiger partial charge in [0.2, 0.25) is 0 Å². The van der Waals surface area contributed by atoms with Gasteiger partial charge in [0, 0.05) is 24.7 Å². The van der Waals surface area contributed by atoms with Crippen molar-refractivity contribution in [1.82, 2.24) is 14.7 Å². The molecule has 2 aromatic carbocycles. The summed E-state index contributed by atoms with van der Waals surface area (Å²) in [6.07, 6.45) is 1.58. The second kappa shape index (κ2) is 8.27. The fraction of sp³-hybridized carbons (Fsp3) is 0.0870. The summed E-state index contributed by atoms with van der Waals surface area (Å²) >= 11 is 6.00. The van der Waals surface area contributed by atoms with Crippen LogP contribution in [0.1, 0.15) is 21.6 Å². The van der Waals surface area contributed by atoms with Crippen LogP contribution in [0.2, 0.25) is 5.02 Å². The van der Waals surface area contributed by atoms with Crippen molar-refractivity contribution in [3.05, 3.63) is 94.8 Å². The molecule has 4 aromatic rings. The first-order chi connectivity index (χ1) is 14.5. The number of nitriles is 1. The van der Waals surface area contributed by atoms with Crippen LogP contribution in [-0.4, -0.2) is 27.6 Å². The number of halogens is 1. The summed E-state index contributed by atoms with van der Waals surface area (Å²) in [5.74, 6) is 0.381. The third kappa shape index (κ3) is 3.97. The number of nitrogens with zero attached hydrogens (tertiary/aromatic N) is 4. The molecule has 4 rings (SSSR count).